The number of hydrogen-bond donors (Lipinski definition) is 0. The first kappa shape index (κ1) is 13.0. The number of fused-ring (bicyclic) bond motifs is 2. The summed E-state index contributed by atoms with van der Waals surface area (Å²) in [6.07, 6.45) is 2.53. The molecule has 6 heteroatoms. The molecule has 0 unspecified atom stereocenters. The normalized spacial score (nSPS) is 13.4. The van der Waals surface area contributed by atoms with Crippen LogP contribution in [0.4, 0.5) is 0 Å². The Hall–Kier alpha value is -1.66. The van der Waals surface area contributed by atoms with E-state index in [2.05, 4.69) is 27.0 Å². The van der Waals surface area contributed by atoms with Crippen LogP contribution in [0.1, 0.15) is 11.1 Å². The molecular weight excluding hydrogens is 352 g/mol. The predicted molar refractivity (Wildman–Crippen MR) is 86.3 cm³/mol. The van der Waals surface area contributed by atoms with Crippen LogP contribution in [0.3, 0.4) is 0 Å². The van der Waals surface area contributed by atoms with E-state index in [1.165, 1.54) is 16.9 Å². The molecule has 0 fully saturated rings. The van der Waals surface area contributed by atoms with Crippen molar-refractivity contribution in [2.45, 2.75) is 13.0 Å². The molecule has 4 nitrogen and oxygen atoms in total. The second-order valence-corrected chi connectivity index (χ2v) is 6.80. The van der Waals surface area contributed by atoms with Crippen molar-refractivity contribution in [1.29, 1.82) is 0 Å². The van der Waals surface area contributed by atoms with Gasteiger partial charge in [0.1, 0.15) is 10.4 Å². The molecule has 0 N–H and O–H groups in total. The zero-order valence-electron chi connectivity index (χ0n) is 11.0. The fourth-order valence-electron chi connectivity index (χ4n) is 2.64. The van der Waals surface area contributed by atoms with E-state index in [4.69, 9.17) is 4.74 Å². The van der Waals surface area contributed by atoms with Crippen molar-refractivity contribution < 1.29 is 4.74 Å². The van der Waals surface area contributed by atoms with Gasteiger partial charge in [0.15, 0.2) is 0 Å². The molecule has 1 aliphatic rings. The molecule has 0 saturated heterocycles. The highest BCUT2D eigenvalue weighted by Gasteiger charge is 2.18. The van der Waals surface area contributed by atoms with Gasteiger partial charge in [-0.2, -0.15) is 0 Å². The van der Waals surface area contributed by atoms with Gasteiger partial charge in [0, 0.05) is 16.5 Å². The van der Waals surface area contributed by atoms with Crippen molar-refractivity contribution in [2.75, 3.05) is 6.61 Å². The number of thiophene rings is 1. The molecule has 4 rings (SSSR count). The van der Waals surface area contributed by atoms with Crippen molar-refractivity contribution in [3.05, 3.63) is 55.9 Å². The smallest absolute Gasteiger partial charge is 0.271 e. The minimum Gasteiger partial charge on any atom is -0.493 e. The molecule has 0 bridgehead atoms. The van der Waals surface area contributed by atoms with E-state index >= 15 is 0 Å². The Balaban J connectivity index is 1.82. The molecule has 0 atom stereocenters. The maximum Gasteiger partial charge on any atom is 0.271 e. The van der Waals surface area contributed by atoms with Gasteiger partial charge < -0.3 is 4.74 Å². The third kappa shape index (κ3) is 2.18. The van der Waals surface area contributed by atoms with Crippen molar-refractivity contribution in [2.24, 2.45) is 0 Å². The molecule has 3 aromatic rings. The lowest BCUT2D eigenvalue weighted by Crippen LogP contribution is -2.20. The lowest BCUT2D eigenvalue weighted by atomic mass is 10.1. The zero-order valence-corrected chi connectivity index (χ0v) is 13.4. The Morgan fingerprint density at radius 1 is 1.43 bits per heavy atom. The van der Waals surface area contributed by atoms with E-state index in [9.17, 15) is 4.79 Å². The summed E-state index contributed by atoms with van der Waals surface area (Å²) in [5.74, 6) is 0.913. The lowest BCUT2D eigenvalue weighted by Gasteiger charge is -2.10. The highest BCUT2D eigenvalue weighted by atomic mass is 79.9. The summed E-state index contributed by atoms with van der Waals surface area (Å²) >= 11 is 4.96. The molecular formula is C15H11BrN2O2S. The summed E-state index contributed by atoms with van der Waals surface area (Å²) in [6, 6.07) is 5.95. The summed E-state index contributed by atoms with van der Waals surface area (Å²) < 4.78 is 9.07. The number of ether oxygens (including phenoxy) is 1. The highest BCUT2D eigenvalue weighted by molar-refractivity contribution is 9.10. The van der Waals surface area contributed by atoms with Gasteiger partial charge in [-0.1, -0.05) is 15.9 Å². The Labute approximate surface area is 133 Å². The topological polar surface area (TPSA) is 44.1 Å². The molecule has 1 aromatic carbocycles. The van der Waals surface area contributed by atoms with Crippen LogP contribution in [-0.4, -0.2) is 16.2 Å². The van der Waals surface area contributed by atoms with Crippen LogP contribution >= 0.6 is 27.3 Å². The number of hydrogen-bond acceptors (Lipinski definition) is 4. The van der Waals surface area contributed by atoms with Crippen LogP contribution in [0, 0.1) is 0 Å². The van der Waals surface area contributed by atoms with E-state index in [0.29, 0.717) is 17.9 Å². The summed E-state index contributed by atoms with van der Waals surface area (Å²) in [5.41, 5.74) is 2.97. The maximum absolute atomic E-state index is 12.5. The molecule has 1 aliphatic heterocycles. The minimum atomic E-state index is 0.00159. The van der Waals surface area contributed by atoms with Gasteiger partial charge in [0.2, 0.25) is 0 Å². The van der Waals surface area contributed by atoms with Crippen LogP contribution in [-0.2, 0) is 13.0 Å². The average molecular weight is 363 g/mol. The van der Waals surface area contributed by atoms with Crippen molar-refractivity contribution in [3.63, 3.8) is 0 Å². The quantitative estimate of drug-likeness (QED) is 0.702. The Morgan fingerprint density at radius 3 is 3.24 bits per heavy atom. The van der Waals surface area contributed by atoms with Crippen LogP contribution in [0.5, 0.6) is 5.75 Å². The number of rotatable bonds is 2. The first-order chi connectivity index (χ1) is 10.2. The standard InChI is InChI=1S/C15H11BrN2O2S/c16-11-5-9-1-3-20-13(9)10(6-11)7-18-8-17-12-2-4-21-14(12)15(18)19/h2,4-6,8H,1,3,7H2. The first-order valence-corrected chi connectivity index (χ1v) is 8.26. The predicted octanol–water partition coefficient (Wildman–Crippen LogP) is 3.20. The molecule has 0 radical (unpaired) electrons. The van der Waals surface area contributed by atoms with Crippen LogP contribution < -0.4 is 10.3 Å². The van der Waals surface area contributed by atoms with Crippen molar-refractivity contribution in [3.8, 4) is 5.75 Å². The van der Waals surface area contributed by atoms with E-state index in [1.54, 1.807) is 10.9 Å². The van der Waals surface area contributed by atoms with Gasteiger partial charge >= 0.3 is 0 Å². The van der Waals surface area contributed by atoms with E-state index in [-0.39, 0.29) is 5.56 Å². The molecule has 0 saturated carbocycles. The molecule has 3 heterocycles. The summed E-state index contributed by atoms with van der Waals surface area (Å²) in [5, 5.41) is 1.89. The number of halogens is 1. The molecule has 0 amide bonds. The van der Waals surface area contributed by atoms with Gasteiger partial charge in [-0.05, 0) is 29.1 Å². The van der Waals surface area contributed by atoms with Crippen molar-refractivity contribution in [1.82, 2.24) is 9.55 Å². The monoisotopic (exact) mass is 362 g/mol. The van der Waals surface area contributed by atoms with Gasteiger partial charge in [-0.25, -0.2) is 4.98 Å². The van der Waals surface area contributed by atoms with E-state index in [1.807, 2.05) is 17.5 Å². The Bertz CT molecular complexity index is 900. The minimum absolute atomic E-state index is 0.00159. The SMILES string of the molecule is O=c1c2sccc2ncn1Cc1cc(Br)cc2c1OCC2. The van der Waals surface area contributed by atoms with Gasteiger partial charge in [-0.15, -0.1) is 11.3 Å². The molecule has 0 spiro atoms. The third-order valence-corrected chi connectivity index (χ3v) is 4.95. The highest BCUT2D eigenvalue weighted by Crippen LogP contribution is 2.33. The van der Waals surface area contributed by atoms with Crippen molar-refractivity contribution >= 4 is 37.5 Å². The summed E-state index contributed by atoms with van der Waals surface area (Å²) in [6.45, 7) is 1.18. The summed E-state index contributed by atoms with van der Waals surface area (Å²) in [4.78, 5) is 16.8. The Kier molecular flexibility index (Phi) is 3.08. The molecule has 21 heavy (non-hydrogen) atoms. The van der Waals surface area contributed by atoms with Crippen LogP contribution in [0.25, 0.3) is 10.2 Å². The van der Waals surface area contributed by atoms with E-state index < -0.39 is 0 Å². The second-order valence-electron chi connectivity index (χ2n) is 4.96. The Morgan fingerprint density at radius 2 is 2.33 bits per heavy atom. The molecule has 106 valence electrons. The average Bonchev–Trinajstić information content (AvgIpc) is 3.10. The van der Waals surface area contributed by atoms with Gasteiger partial charge in [-0.3, -0.25) is 9.36 Å². The fourth-order valence-corrected chi connectivity index (χ4v) is 3.98. The largest absolute Gasteiger partial charge is 0.493 e. The number of benzene rings is 1. The molecule has 0 aliphatic carbocycles. The van der Waals surface area contributed by atoms with E-state index in [0.717, 1.165) is 27.7 Å². The van der Waals surface area contributed by atoms with Gasteiger partial charge in [0.25, 0.3) is 5.56 Å². The number of nitrogens with zero attached hydrogens (tertiary/aromatic N) is 2. The maximum atomic E-state index is 12.5. The van der Waals surface area contributed by atoms with Gasteiger partial charge in [0.05, 0.1) is 25.0 Å². The number of aromatic nitrogens is 2. The second kappa shape index (κ2) is 4.96. The zero-order chi connectivity index (χ0) is 14.4. The first-order valence-electron chi connectivity index (χ1n) is 6.59. The third-order valence-electron chi connectivity index (χ3n) is 3.60. The van der Waals surface area contributed by atoms with Crippen LogP contribution in [0.15, 0.2) is 39.2 Å². The molecule has 2 aromatic heterocycles. The van der Waals surface area contributed by atoms with Crippen LogP contribution in [0.2, 0.25) is 0 Å². The summed E-state index contributed by atoms with van der Waals surface area (Å²) in [7, 11) is 0. The lowest BCUT2D eigenvalue weighted by molar-refractivity contribution is 0.352. The fraction of sp³-hybridized carbons (Fsp3) is 0.200.